The van der Waals surface area contributed by atoms with Gasteiger partial charge in [-0.1, -0.05) is 11.8 Å². The van der Waals surface area contributed by atoms with Crippen molar-refractivity contribution in [1.29, 1.82) is 0 Å². The molecule has 3 heterocycles. The van der Waals surface area contributed by atoms with Gasteiger partial charge in [0, 0.05) is 44.9 Å². The summed E-state index contributed by atoms with van der Waals surface area (Å²) in [7, 11) is 3.26. The van der Waals surface area contributed by atoms with Gasteiger partial charge in [0.15, 0.2) is 11.6 Å². The van der Waals surface area contributed by atoms with Gasteiger partial charge < -0.3 is 20.2 Å². The zero-order valence-corrected chi connectivity index (χ0v) is 19.4. The number of carbonyl (C=O) groups is 1. The molecule has 1 aliphatic rings. The molecule has 0 unspecified atom stereocenters. The summed E-state index contributed by atoms with van der Waals surface area (Å²) in [6.07, 6.45) is 8.13. The molecule has 4 rings (SSSR count). The summed E-state index contributed by atoms with van der Waals surface area (Å²) < 4.78 is 7.09. The molecule has 0 bridgehead atoms. The smallest absolute Gasteiger partial charge is 0.228 e. The van der Waals surface area contributed by atoms with Crippen LogP contribution in [0.2, 0.25) is 0 Å². The first-order valence-electron chi connectivity index (χ1n) is 8.80. The average Bonchev–Trinajstić information content (AvgIpc) is 3.49. The molecule has 1 saturated carbocycles. The molecule has 0 aliphatic heterocycles. The molecule has 1 aliphatic carbocycles. The summed E-state index contributed by atoms with van der Waals surface area (Å²) in [5, 5.41) is 17.7. The number of rotatable bonds is 7. The molecule has 3 aromatic rings. The number of nitrogens with one attached hydrogen (secondary N) is 2. The Morgan fingerprint density at radius 2 is 2.07 bits per heavy atom. The number of carbonyl (C=O) groups excluding carboxylic acids is 2. The first kappa shape index (κ1) is 21.4. The van der Waals surface area contributed by atoms with E-state index in [1.165, 1.54) is 19.4 Å². The molecule has 12 heteroatoms. The van der Waals surface area contributed by atoms with Crippen LogP contribution in [0.4, 0.5) is 17.2 Å². The van der Waals surface area contributed by atoms with E-state index in [-0.39, 0.29) is 42.8 Å². The number of nitrogens with zero attached hydrogens (tertiary/aromatic N) is 6. The zero-order chi connectivity index (χ0) is 20.4. The minimum absolute atomic E-state index is 0. The molecular formula is C18H17N8O3Zn-. The van der Waals surface area contributed by atoms with Crippen LogP contribution >= 0.6 is 0 Å². The van der Waals surface area contributed by atoms with Crippen LogP contribution in [0.25, 0.3) is 11.4 Å². The van der Waals surface area contributed by atoms with Gasteiger partial charge in [0.2, 0.25) is 5.91 Å². The molecule has 0 atom stereocenters. The van der Waals surface area contributed by atoms with Crippen LogP contribution in [-0.2, 0) is 36.1 Å². The van der Waals surface area contributed by atoms with Crippen molar-refractivity contribution in [3.8, 4) is 17.1 Å². The van der Waals surface area contributed by atoms with Crippen LogP contribution in [0.15, 0.2) is 24.8 Å². The van der Waals surface area contributed by atoms with E-state index in [0.29, 0.717) is 28.5 Å². The summed E-state index contributed by atoms with van der Waals surface area (Å²) in [5.74, 6) is 1.00. The van der Waals surface area contributed by atoms with Crippen molar-refractivity contribution in [3.05, 3.63) is 30.5 Å². The average molecular weight is 459 g/mol. The Morgan fingerprint density at radius 3 is 2.70 bits per heavy atom. The molecule has 11 nitrogen and oxygen atoms in total. The standard InChI is InChI=1S/C18H17N8O3.Zn/c1-26-9-20-17(25-26)11-6-19-7-13(16(11)29-2)21-12-5-15(24-23-14(12)8-27)22-18(28)10-3-4-10;/h5-7,9-10H,3-4H2,1-2H3,(H2,21,22,24,28);/q-1;. The molecular weight excluding hydrogens is 442 g/mol. The van der Waals surface area contributed by atoms with Crippen LogP contribution in [0.1, 0.15) is 18.5 Å². The van der Waals surface area contributed by atoms with Crippen LogP contribution in [-0.4, -0.2) is 49.2 Å². The number of aromatic nitrogens is 6. The van der Waals surface area contributed by atoms with Crippen molar-refractivity contribution in [1.82, 2.24) is 29.9 Å². The van der Waals surface area contributed by atoms with Gasteiger partial charge in [-0.25, -0.2) is 4.98 Å². The molecule has 0 saturated heterocycles. The number of aryl methyl sites for hydroxylation is 1. The summed E-state index contributed by atoms with van der Waals surface area (Å²) in [6.45, 7) is 0. The number of pyridine rings is 1. The molecule has 0 aromatic carbocycles. The van der Waals surface area contributed by atoms with E-state index in [9.17, 15) is 9.59 Å². The minimum Gasteiger partial charge on any atom is -0.494 e. The maximum Gasteiger partial charge on any atom is 0.228 e. The Labute approximate surface area is 184 Å². The van der Waals surface area contributed by atoms with Gasteiger partial charge in [-0.2, -0.15) is 10.2 Å². The normalized spacial score (nSPS) is 12.6. The maximum atomic E-state index is 12.0. The predicted molar refractivity (Wildman–Crippen MR) is 102 cm³/mol. The number of hydrogen-bond acceptors (Lipinski definition) is 9. The van der Waals surface area contributed by atoms with Gasteiger partial charge in [-0.3, -0.25) is 14.5 Å². The van der Waals surface area contributed by atoms with E-state index in [1.807, 2.05) is 0 Å². The van der Waals surface area contributed by atoms with Crippen molar-refractivity contribution in [2.24, 2.45) is 13.0 Å². The second kappa shape index (κ2) is 9.04. The van der Waals surface area contributed by atoms with Crippen molar-refractivity contribution in [3.63, 3.8) is 0 Å². The fourth-order valence-electron chi connectivity index (χ4n) is 2.72. The Kier molecular flexibility index (Phi) is 6.46. The Morgan fingerprint density at radius 1 is 1.27 bits per heavy atom. The molecule has 0 radical (unpaired) electrons. The summed E-state index contributed by atoms with van der Waals surface area (Å²) in [4.78, 5) is 31.7. The third kappa shape index (κ3) is 4.49. The van der Waals surface area contributed by atoms with Crippen LogP contribution in [0, 0.1) is 5.92 Å². The summed E-state index contributed by atoms with van der Waals surface area (Å²) in [6, 6.07) is 1.51. The van der Waals surface area contributed by atoms with Gasteiger partial charge in [-0.05, 0) is 18.5 Å². The topological polar surface area (TPSA) is 137 Å². The van der Waals surface area contributed by atoms with Crippen molar-refractivity contribution >= 4 is 29.4 Å². The zero-order valence-electron chi connectivity index (χ0n) is 16.4. The molecule has 0 spiro atoms. The summed E-state index contributed by atoms with van der Waals surface area (Å²) >= 11 is 0. The van der Waals surface area contributed by atoms with Gasteiger partial charge >= 0.3 is 0 Å². The molecule has 3 aromatic heterocycles. The van der Waals surface area contributed by atoms with E-state index in [4.69, 9.17) is 4.74 Å². The molecule has 1 amide bonds. The fraction of sp³-hybridized carbons (Fsp3) is 0.278. The second-order valence-corrected chi connectivity index (χ2v) is 6.49. The molecule has 2 N–H and O–H groups in total. The van der Waals surface area contributed by atoms with Crippen molar-refractivity contribution < 1.29 is 33.8 Å². The first-order chi connectivity index (χ1) is 14.1. The fourth-order valence-corrected chi connectivity index (χ4v) is 2.72. The van der Waals surface area contributed by atoms with Crippen LogP contribution < -0.4 is 15.4 Å². The number of methoxy groups -OCH3 is 1. The largest absolute Gasteiger partial charge is 0.494 e. The Bertz CT molecular complexity index is 1080. The maximum absolute atomic E-state index is 12.0. The molecule has 1 fully saturated rings. The number of anilines is 3. The van der Waals surface area contributed by atoms with E-state index < -0.39 is 0 Å². The second-order valence-electron chi connectivity index (χ2n) is 6.49. The first-order valence-corrected chi connectivity index (χ1v) is 8.80. The monoisotopic (exact) mass is 457 g/mol. The van der Waals surface area contributed by atoms with Crippen LogP contribution in [0.3, 0.4) is 0 Å². The van der Waals surface area contributed by atoms with Crippen molar-refractivity contribution in [2.75, 3.05) is 17.7 Å². The minimum atomic E-state index is -0.115. The van der Waals surface area contributed by atoms with E-state index in [0.717, 1.165) is 12.8 Å². The van der Waals surface area contributed by atoms with E-state index in [1.54, 1.807) is 30.5 Å². The Balaban J connectivity index is 0.00000256. The third-order valence-corrected chi connectivity index (χ3v) is 4.30. The van der Waals surface area contributed by atoms with Gasteiger partial charge in [0.25, 0.3) is 0 Å². The molecule has 150 valence electrons. The SMILES string of the molecule is COc1c(Nc2cc(NC(=O)C3CC3)nnc2[C-]=O)cncc1-c1ncn(C)n1.[Zn]. The quantitative estimate of drug-likeness (QED) is 0.395. The van der Waals surface area contributed by atoms with Crippen molar-refractivity contribution in [2.45, 2.75) is 12.8 Å². The van der Waals surface area contributed by atoms with Gasteiger partial charge in [0.1, 0.15) is 12.1 Å². The van der Waals surface area contributed by atoms with Gasteiger partial charge in [0.05, 0.1) is 24.6 Å². The summed E-state index contributed by atoms with van der Waals surface area (Å²) in [5.41, 5.74) is 1.28. The predicted octanol–water partition coefficient (Wildman–Crippen LogP) is 1.22. The molecule has 30 heavy (non-hydrogen) atoms. The number of amides is 1. The van der Waals surface area contributed by atoms with E-state index in [2.05, 4.69) is 35.9 Å². The third-order valence-electron chi connectivity index (χ3n) is 4.30. The number of ether oxygens (including phenoxy) is 1. The Hall–Kier alpha value is -3.27. The van der Waals surface area contributed by atoms with Gasteiger partial charge in [-0.15, -0.1) is 5.10 Å². The number of hydrogen-bond donors (Lipinski definition) is 2. The van der Waals surface area contributed by atoms with Crippen LogP contribution in [0.5, 0.6) is 5.75 Å². The van der Waals surface area contributed by atoms with E-state index >= 15 is 0 Å².